The van der Waals surface area contributed by atoms with Crippen LogP contribution in [-0.4, -0.2) is 34.1 Å². The normalized spacial score (nSPS) is 11.7. The topological polar surface area (TPSA) is 91.8 Å². The fraction of sp³-hybridized carbons (Fsp3) is 0.409. The third-order valence-electron chi connectivity index (χ3n) is 4.18. The summed E-state index contributed by atoms with van der Waals surface area (Å²) in [4.78, 5) is 4.61. The summed E-state index contributed by atoms with van der Waals surface area (Å²) in [6.45, 7) is 7.54. The molecule has 0 atom stereocenters. The van der Waals surface area contributed by atoms with Gasteiger partial charge in [0.05, 0.1) is 19.4 Å². The minimum absolute atomic E-state index is 0. The molecule has 2 aromatic carbocycles. The number of hydrogen-bond acceptors (Lipinski definition) is 4. The van der Waals surface area contributed by atoms with E-state index in [9.17, 15) is 8.42 Å². The molecule has 0 unspecified atom stereocenters. The van der Waals surface area contributed by atoms with Gasteiger partial charge in [-0.25, -0.2) is 18.1 Å². The van der Waals surface area contributed by atoms with Crippen molar-refractivity contribution in [3.8, 4) is 5.75 Å². The van der Waals surface area contributed by atoms with Crippen LogP contribution in [0.5, 0.6) is 5.75 Å². The third kappa shape index (κ3) is 10.3. The Bertz CT molecular complexity index is 915. The van der Waals surface area contributed by atoms with Crippen LogP contribution in [0.2, 0.25) is 0 Å². The van der Waals surface area contributed by atoms with Gasteiger partial charge in [-0.3, -0.25) is 0 Å². The highest BCUT2D eigenvalue weighted by atomic mass is 127. The van der Waals surface area contributed by atoms with Crippen molar-refractivity contribution in [2.75, 3.05) is 13.7 Å². The second-order valence-electron chi connectivity index (χ2n) is 7.24. The molecular formula is C22H33IN4O3S. The number of halogens is 1. The fourth-order valence-corrected chi connectivity index (χ4v) is 4.24. The van der Waals surface area contributed by atoms with Gasteiger partial charge in [-0.1, -0.05) is 36.4 Å². The van der Waals surface area contributed by atoms with Gasteiger partial charge in [0.2, 0.25) is 10.0 Å². The van der Waals surface area contributed by atoms with Gasteiger partial charge >= 0.3 is 0 Å². The Labute approximate surface area is 203 Å². The van der Waals surface area contributed by atoms with E-state index in [2.05, 4.69) is 20.3 Å². The molecule has 0 aromatic heterocycles. The van der Waals surface area contributed by atoms with Crippen LogP contribution in [0.25, 0.3) is 0 Å². The van der Waals surface area contributed by atoms with Gasteiger partial charge in [0.25, 0.3) is 0 Å². The number of guanidine groups is 1. The highest BCUT2D eigenvalue weighted by Gasteiger charge is 2.12. The van der Waals surface area contributed by atoms with Crippen LogP contribution in [0, 0.1) is 0 Å². The Morgan fingerprint density at radius 1 is 0.968 bits per heavy atom. The first kappa shape index (κ1) is 27.2. The molecule has 0 aliphatic heterocycles. The molecule has 0 saturated heterocycles. The Morgan fingerprint density at radius 3 is 2.10 bits per heavy atom. The highest BCUT2D eigenvalue weighted by molar-refractivity contribution is 14.0. The number of aliphatic imine (C=N–C) groups is 1. The van der Waals surface area contributed by atoms with E-state index in [-0.39, 0.29) is 35.8 Å². The van der Waals surface area contributed by atoms with Crippen molar-refractivity contribution in [2.45, 2.75) is 45.7 Å². The minimum Gasteiger partial charge on any atom is -0.497 e. The summed E-state index contributed by atoms with van der Waals surface area (Å²) >= 11 is 0. The van der Waals surface area contributed by atoms with Crippen molar-refractivity contribution in [2.24, 2.45) is 4.99 Å². The lowest BCUT2D eigenvalue weighted by molar-refractivity contribution is 0.414. The molecule has 0 heterocycles. The van der Waals surface area contributed by atoms with E-state index >= 15 is 0 Å². The SMILES string of the molecule is CCNC(=NCc1ccc(OC)cc1)NCc1ccc(CS(=O)(=O)NC(C)C)cc1.I. The summed E-state index contributed by atoms with van der Waals surface area (Å²) in [5.74, 6) is 1.52. The van der Waals surface area contributed by atoms with Gasteiger partial charge < -0.3 is 15.4 Å². The van der Waals surface area contributed by atoms with Gasteiger partial charge in [0.15, 0.2) is 5.96 Å². The number of methoxy groups -OCH3 is 1. The molecule has 31 heavy (non-hydrogen) atoms. The molecule has 0 spiro atoms. The minimum atomic E-state index is -3.32. The molecule has 0 radical (unpaired) electrons. The van der Waals surface area contributed by atoms with Crippen molar-refractivity contribution in [1.82, 2.24) is 15.4 Å². The lowest BCUT2D eigenvalue weighted by atomic mass is 10.1. The first-order valence-corrected chi connectivity index (χ1v) is 11.7. The van der Waals surface area contributed by atoms with Crippen molar-refractivity contribution in [3.63, 3.8) is 0 Å². The van der Waals surface area contributed by atoms with Crippen molar-refractivity contribution < 1.29 is 13.2 Å². The maximum absolute atomic E-state index is 12.1. The zero-order valence-electron chi connectivity index (χ0n) is 18.5. The molecule has 2 rings (SSSR count). The molecule has 0 fully saturated rings. The number of nitrogens with zero attached hydrogens (tertiary/aromatic N) is 1. The maximum Gasteiger partial charge on any atom is 0.216 e. The van der Waals surface area contributed by atoms with Gasteiger partial charge in [-0.2, -0.15) is 0 Å². The number of sulfonamides is 1. The van der Waals surface area contributed by atoms with E-state index in [1.807, 2.05) is 69.3 Å². The van der Waals surface area contributed by atoms with E-state index in [1.165, 1.54) is 0 Å². The summed E-state index contributed by atoms with van der Waals surface area (Å²) < 4.78 is 31.9. The van der Waals surface area contributed by atoms with Crippen LogP contribution in [0.1, 0.15) is 37.5 Å². The predicted octanol–water partition coefficient (Wildman–Crippen LogP) is 3.40. The van der Waals surface area contributed by atoms with Crippen LogP contribution in [-0.2, 0) is 28.9 Å². The van der Waals surface area contributed by atoms with Crippen LogP contribution < -0.4 is 20.1 Å². The lowest BCUT2D eigenvalue weighted by Gasteiger charge is -2.12. The van der Waals surface area contributed by atoms with Crippen LogP contribution in [0.3, 0.4) is 0 Å². The zero-order chi connectivity index (χ0) is 22.0. The van der Waals surface area contributed by atoms with Crippen LogP contribution in [0.15, 0.2) is 53.5 Å². The molecule has 9 heteroatoms. The summed E-state index contributed by atoms with van der Waals surface area (Å²) in [5, 5.41) is 6.54. The summed E-state index contributed by atoms with van der Waals surface area (Å²) in [5.41, 5.74) is 2.89. The molecule has 0 aliphatic rings. The molecule has 0 bridgehead atoms. The smallest absolute Gasteiger partial charge is 0.216 e. The average molecular weight is 561 g/mol. The van der Waals surface area contributed by atoms with E-state index in [0.717, 1.165) is 34.9 Å². The molecule has 2 aromatic rings. The predicted molar refractivity (Wildman–Crippen MR) is 137 cm³/mol. The monoisotopic (exact) mass is 560 g/mol. The van der Waals surface area contributed by atoms with Gasteiger partial charge in [-0.05, 0) is 49.6 Å². The largest absolute Gasteiger partial charge is 0.497 e. The molecule has 7 nitrogen and oxygen atoms in total. The molecule has 0 aliphatic carbocycles. The number of nitrogens with one attached hydrogen (secondary N) is 3. The van der Waals surface area contributed by atoms with E-state index in [4.69, 9.17) is 4.74 Å². The number of ether oxygens (including phenoxy) is 1. The van der Waals surface area contributed by atoms with Gasteiger partial charge in [0, 0.05) is 19.1 Å². The summed E-state index contributed by atoms with van der Waals surface area (Å²) in [7, 11) is -1.67. The van der Waals surface area contributed by atoms with E-state index in [0.29, 0.717) is 13.1 Å². The molecule has 0 saturated carbocycles. The third-order valence-corrected chi connectivity index (χ3v) is 5.72. The second kappa shape index (κ2) is 13.5. The maximum atomic E-state index is 12.1. The van der Waals surface area contributed by atoms with Gasteiger partial charge in [-0.15, -0.1) is 24.0 Å². The molecule has 3 N–H and O–H groups in total. The van der Waals surface area contributed by atoms with Gasteiger partial charge in [0.1, 0.15) is 5.75 Å². The van der Waals surface area contributed by atoms with Crippen LogP contribution in [0.4, 0.5) is 0 Å². The zero-order valence-corrected chi connectivity index (χ0v) is 21.7. The number of benzene rings is 2. The Kier molecular flexibility index (Phi) is 11.9. The van der Waals surface area contributed by atoms with E-state index in [1.54, 1.807) is 7.11 Å². The van der Waals surface area contributed by atoms with Crippen LogP contribution >= 0.6 is 24.0 Å². The second-order valence-corrected chi connectivity index (χ2v) is 9.00. The Balaban J connectivity index is 0.00000480. The average Bonchev–Trinajstić information content (AvgIpc) is 2.70. The molecule has 0 amide bonds. The number of hydrogen-bond donors (Lipinski definition) is 3. The van der Waals surface area contributed by atoms with Crippen molar-refractivity contribution in [1.29, 1.82) is 0 Å². The standard InChI is InChI=1S/C22H32N4O3S.HI/c1-5-23-22(25-15-19-10-12-21(29-4)13-11-19)24-14-18-6-8-20(9-7-18)16-30(27,28)26-17(2)3;/h6-13,17,26H,5,14-16H2,1-4H3,(H2,23,24,25);1H. The Hall–Kier alpha value is -1.85. The quantitative estimate of drug-likeness (QED) is 0.236. The summed E-state index contributed by atoms with van der Waals surface area (Å²) in [6, 6.07) is 15.3. The lowest BCUT2D eigenvalue weighted by Crippen LogP contribution is -2.36. The number of rotatable bonds is 10. The summed E-state index contributed by atoms with van der Waals surface area (Å²) in [6.07, 6.45) is 0. The Morgan fingerprint density at radius 2 is 1.55 bits per heavy atom. The fourth-order valence-electron chi connectivity index (χ4n) is 2.80. The molecular weight excluding hydrogens is 527 g/mol. The molecule has 172 valence electrons. The van der Waals surface area contributed by atoms with Crippen molar-refractivity contribution in [3.05, 3.63) is 65.2 Å². The van der Waals surface area contributed by atoms with E-state index < -0.39 is 10.0 Å². The van der Waals surface area contributed by atoms with Crippen molar-refractivity contribution >= 4 is 40.0 Å². The highest BCUT2D eigenvalue weighted by Crippen LogP contribution is 2.12. The first-order valence-electron chi connectivity index (χ1n) is 10.0. The first-order chi connectivity index (χ1) is 14.3.